The molecule has 0 atom stereocenters. The molecular weight excluding hydrogens is 253 g/mol. The van der Waals surface area contributed by atoms with Gasteiger partial charge in [0.1, 0.15) is 5.76 Å². The van der Waals surface area contributed by atoms with Gasteiger partial charge in [0.05, 0.1) is 6.26 Å². The molecule has 1 aromatic heterocycles. The predicted molar refractivity (Wildman–Crippen MR) is 35.2 cm³/mol. The molecule has 1 heterocycles. The first-order chi connectivity index (χ1) is 4.31. The zero-order chi connectivity index (χ0) is 7.11. The van der Waals surface area contributed by atoms with Gasteiger partial charge in [-0.15, -0.1) is 0 Å². The molecule has 0 aliphatic carbocycles. The first-order valence-electron chi connectivity index (χ1n) is 2.13. The molecule has 0 amide bonds. The van der Waals surface area contributed by atoms with Crippen molar-refractivity contribution in [3.63, 3.8) is 0 Å². The molecule has 0 unspecified atom stereocenters. The fourth-order valence-electron chi connectivity index (χ4n) is 0.361. The van der Waals surface area contributed by atoms with E-state index in [0.29, 0.717) is 0 Å². The minimum absolute atomic E-state index is 0.106. The van der Waals surface area contributed by atoms with Crippen LogP contribution >= 0.6 is 19.1 Å². The summed E-state index contributed by atoms with van der Waals surface area (Å²) in [5.74, 6) is 0.968. The molecule has 4 heteroatoms. The quantitative estimate of drug-likeness (QED) is 0.653. The molecule has 0 saturated carbocycles. The van der Waals surface area contributed by atoms with Crippen molar-refractivity contribution >= 4 is 19.1 Å². The molecule has 0 aliphatic heterocycles. The van der Waals surface area contributed by atoms with Crippen LogP contribution in [-0.4, -0.2) is 0 Å². The van der Waals surface area contributed by atoms with Gasteiger partial charge in [0.2, 0.25) is 0 Å². The van der Waals surface area contributed by atoms with E-state index >= 15 is 0 Å². The van der Waals surface area contributed by atoms with Gasteiger partial charge in [0.25, 0.3) is 0 Å². The molecular formula is C5H6Cl2OPd. The normalized spacial score (nSPS) is 8.33. The number of halogens is 2. The molecule has 9 heavy (non-hydrogen) atoms. The Hall–Kier alpha value is 0.522. The fraction of sp³-hybridized carbons (Fsp3) is 0.200. The van der Waals surface area contributed by atoms with Gasteiger partial charge in [-0.1, -0.05) is 0 Å². The molecule has 0 radical (unpaired) electrons. The number of hydrogen-bond acceptors (Lipinski definition) is 1. The zero-order valence-corrected chi connectivity index (χ0v) is 7.78. The summed E-state index contributed by atoms with van der Waals surface area (Å²) in [4.78, 5) is 0. The van der Waals surface area contributed by atoms with Crippen LogP contribution in [0.5, 0.6) is 0 Å². The average Bonchev–Trinajstić information content (AvgIpc) is 2.20. The summed E-state index contributed by atoms with van der Waals surface area (Å²) in [6, 6.07) is 3.79. The molecule has 0 aliphatic rings. The molecule has 0 aromatic carbocycles. The van der Waals surface area contributed by atoms with Crippen LogP contribution in [-0.2, 0) is 15.9 Å². The Morgan fingerprint density at radius 1 is 1.56 bits per heavy atom. The van der Waals surface area contributed by atoms with E-state index in [9.17, 15) is 0 Å². The number of aryl methyl sites for hydroxylation is 1. The molecule has 0 bridgehead atoms. The number of furan rings is 1. The molecule has 0 fully saturated rings. The topological polar surface area (TPSA) is 13.1 Å². The van der Waals surface area contributed by atoms with E-state index < -0.39 is 0 Å². The molecule has 0 saturated heterocycles. The third kappa shape index (κ3) is 6.41. The SMILES string of the molecule is Cc1ccco1.[Cl][Pd][Cl]. The first-order valence-corrected chi connectivity index (χ1v) is 6.14. The van der Waals surface area contributed by atoms with E-state index in [4.69, 9.17) is 23.5 Å². The summed E-state index contributed by atoms with van der Waals surface area (Å²) in [5.41, 5.74) is 0. The van der Waals surface area contributed by atoms with E-state index in [0.717, 1.165) is 5.76 Å². The average molecular weight is 259 g/mol. The number of hydrogen-bond donors (Lipinski definition) is 0. The summed E-state index contributed by atoms with van der Waals surface area (Å²) in [6.07, 6.45) is 1.66. The Bertz CT molecular complexity index is 130. The van der Waals surface area contributed by atoms with Gasteiger partial charge >= 0.3 is 35.0 Å². The maximum absolute atomic E-state index is 4.83. The van der Waals surface area contributed by atoms with Gasteiger partial charge in [-0.25, -0.2) is 0 Å². The van der Waals surface area contributed by atoms with Crippen molar-refractivity contribution in [2.24, 2.45) is 0 Å². The Balaban J connectivity index is 0.000000187. The van der Waals surface area contributed by atoms with Crippen molar-refractivity contribution in [2.45, 2.75) is 6.92 Å². The monoisotopic (exact) mass is 258 g/mol. The van der Waals surface area contributed by atoms with Crippen LogP contribution in [0.3, 0.4) is 0 Å². The Labute approximate surface area is 70.4 Å². The van der Waals surface area contributed by atoms with Crippen LogP contribution in [0.1, 0.15) is 5.76 Å². The Kier molecular flexibility index (Phi) is 7.03. The van der Waals surface area contributed by atoms with Crippen LogP contribution in [0, 0.1) is 6.92 Å². The van der Waals surface area contributed by atoms with Crippen molar-refractivity contribution in [3.8, 4) is 0 Å². The van der Waals surface area contributed by atoms with E-state index in [1.807, 2.05) is 19.1 Å². The van der Waals surface area contributed by atoms with Gasteiger partial charge in [-0.05, 0) is 19.1 Å². The second kappa shape index (κ2) is 6.64. The second-order valence-electron chi connectivity index (χ2n) is 1.27. The van der Waals surface area contributed by atoms with Crippen molar-refractivity contribution in [2.75, 3.05) is 0 Å². The van der Waals surface area contributed by atoms with Crippen LogP contribution < -0.4 is 0 Å². The third-order valence-corrected chi connectivity index (χ3v) is 0.663. The Morgan fingerprint density at radius 2 is 2.11 bits per heavy atom. The van der Waals surface area contributed by atoms with E-state index in [2.05, 4.69) is 0 Å². The van der Waals surface area contributed by atoms with Crippen LogP contribution in [0.25, 0.3) is 0 Å². The predicted octanol–water partition coefficient (Wildman–Crippen LogP) is 2.96. The van der Waals surface area contributed by atoms with Crippen molar-refractivity contribution in [1.29, 1.82) is 0 Å². The summed E-state index contributed by atoms with van der Waals surface area (Å²) in [5, 5.41) is 0. The van der Waals surface area contributed by atoms with Crippen molar-refractivity contribution < 1.29 is 20.4 Å². The van der Waals surface area contributed by atoms with E-state index in [-0.39, 0.29) is 15.9 Å². The van der Waals surface area contributed by atoms with Crippen LogP contribution in [0.15, 0.2) is 22.8 Å². The molecule has 0 N–H and O–H groups in total. The molecule has 56 valence electrons. The van der Waals surface area contributed by atoms with Gasteiger partial charge in [0.15, 0.2) is 0 Å². The Morgan fingerprint density at radius 3 is 2.22 bits per heavy atom. The minimum atomic E-state index is -0.106. The standard InChI is InChI=1S/C5H6O.2ClH.Pd/c1-5-3-2-4-6-5;;;/h2-4H,1H3;2*1H;/q;;;+2/p-2. The van der Waals surface area contributed by atoms with Gasteiger partial charge in [0, 0.05) is 0 Å². The summed E-state index contributed by atoms with van der Waals surface area (Å²) >= 11 is -0.106. The summed E-state index contributed by atoms with van der Waals surface area (Å²) in [6.45, 7) is 1.92. The first kappa shape index (κ1) is 9.52. The van der Waals surface area contributed by atoms with Gasteiger partial charge in [-0.3, -0.25) is 0 Å². The molecule has 0 spiro atoms. The van der Waals surface area contributed by atoms with Gasteiger partial charge in [-0.2, -0.15) is 0 Å². The van der Waals surface area contributed by atoms with E-state index in [1.54, 1.807) is 6.26 Å². The number of rotatable bonds is 0. The zero-order valence-electron chi connectivity index (χ0n) is 4.71. The molecule has 1 nitrogen and oxygen atoms in total. The van der Waals surface area contributed by atoms with Crippen LogP contribution in [0.2, 0.25) is 0 Å². The molecule has 1 aromatic rings. The van der Waals surface area contributed by atoms with Crippen LogP contribution in [0.4, 0.5) is 0 Å². The maximum atomic E-state index is 4.83. The summed E-state index contributed by atoms with van der Waals surface area (Å²) < 4.78 is 4.83. The van der Waals surface area contributed by atoms with E-state index in [1.165, 1.54) is 0 Å². The summed E-state index contributed by atoms with van der Waals surface area (Å²) in [7, 11) is 9.63. The third-order valence-electron chi connectivity index (χ3n) is 0.663. The van der Waals surface area contributed by atoms with Crippen molar-refractivity contribution in [3.05, 3.63) is 24.2 Å². The van der Waals surface area contributed by atoms with Gasteiger partial charge < -0.3 is 4.42 Å². The fourth-order valence-corrected chi connectivity index (χ4v) is 0.361. The molecule has 1 rings (SSSR count). The van der Waals surface area contributed by atoms with Crippen molar-refractivity contribution in [1.82, 2.24) is 0 Å². The second-order valence-corrected chi connectivity index (χ2v) is 3.63.